The van der Waals surface area contributed by atoms with Gasteiger partial charge in [-0.25, -0.2) is 0 Å². The minimum atomic E-state index is -0.208. The molecular formula is C19H22N2O3S. The van der Waals surface area contributed by atoms with Crippen LogP contribution in [0.25, 0.3) is 0 Å². The summed E-state index contributed by atoms with van der Waals surface area (Å²) in [4.78, 5) is 28.2. The second-order valence-electron chi connectivity index (χ2n) is 6.06. The summed E-state index contributed by atoms with van der Waals surface area (Å²) in [5.41, 5.74) is 0.872. The first kappa shape index (κ1) is 17.8. The third-order valence-electron chi connectivity index (χ3n) is 4.39. The van der Waals surface area contributed by atoms with Gasteiger partial charge in [0.2, 0.25) is 5.78 Å². The van der Waals surface area contributed by atoms with Gasteiger partial charge < -0.3 is 10.1 Å². The van der Waals surface area contributed by atoms with Crippen LogP contribution in [0.5, 0.6) is 0 Å². The van der Waals surface area contributed by atoms with Gasteiger partial charge in [-0.2, -0.15) is 0 Å². The van der Waals surface area contributed by atoms with Crippen molar-refractivity contribution in [3.63, 3.8) is 0 Å². The zero-order chi connectivity index (χ0) is 17.6. The summed E-state index contributed by atoms with van der Waals surface area (Å²) in [6.07, 6.45) is 0. The number of rotatable bonds is 6. The summed E-state index contributed by atoms with van der Waals surface area (Å²) >= 11 is 1.38. The summed E-state index contributed by atoms with van der Waals surface area (Å²) in [5.74, 6) is -0.317. The maximum atomic E-state index is 12.6. The highest BCUT2D eigenvalue weighted by Gasteiger charge is 2.21. The Morgan fingerprint density at radius 1 is 1.16 bits per heavy atom. The number of nitrogens with zero attached hydrogens (tertiary/aromatic N) is 1. The number of ether oxygens (including phenoxy) is 1. The minimum absolute atomic E-state index is 0.109. The van der Waals surface area contributed by atoms with Gasteiger partial charge in [0, 0.05) is 31.2 Å². The lowest BCUT2D eigenvalue weighted by Gasteiger charge is -2.32. The molecule has 0 radical (unpaired) electrons. The molecule has 132 valence electrons. The Morgan fingerprint density at radius 3 is 2.56 bits per heavy atom. The van der Waals surface area contributed by atoms with E-state index in [1.165, 1.54) is 11.3 Å². The standard InChI is InChI=1S/C19H22N2O3S/c1-14(21-8-10-24-11-9-21)13-20-19(23)16-6-3-2-5-15(16)18(22)17-7-4-12-25-17/h2-7,12,14H,8-11,13H2,1H3,(H,20,23). The highest BCUT2D eigenvalue weighted by Crippen LogP contribution is 2.18. The number of ketones is 1. The van der Waals surface area contributed by atoms with Crippen LogP contribution in [-0.4, -0.2) is 55.5 Å². The van der Waals surface area contributed by atoms with E-state index in [0.29, 0.717) is 22.5 Å². The Bertz CT molecular complexity index is 724. The van der Waals surface area contributed by atoms with Gasteiger partial charge in [-0.05, 0) is 24.4 Å². The number of benzene rings is 1. The van der Waals surface area contributed by atoms with E-state index in [4.69, 9.17) is 4.74 Å². The summed E-state index contributed by atoms with van der Waals surface area (Å²) < 4.78 is 5.36. The largest absolute Gasteiger partial charge is 0.379 e. The minimum Gasteiger partial charge on any atom is -0.379 e. The molecule has 1 amide bonds. The van der Waals surface area contributed by atoms with Crippen LogP contribution in [0.15, 0.2) is 41.8 Å². The molecule has 2 aromatic rings. The summed E-state index contributed by atoms with van der Waals surface area (Å²) in [6, 6.07) is 10.8. The Hall–Kier alpha value is -2.02. The van der Waals surface area contributed by atoms with Crippen LogP contribution in [0.2, 0.25) is 0 Å². The maximum Gasteiger partial charge on any atom is 0.252 e. The molecule has 1 aliphatic rings. The van der Waals surface area contributed by atoms with E-state index < -0.39 is 0 Å². The smallest absolute Gasteiger partial charge is 0.252 e. The molecule has 1 saturated heterocycles. The van der Waals surface area contributed by atoms with Gasteiger partial charge >= 0.3 is 0 Å². The van der Waals surface area contributed by atoms with Crippen LogP contribution >= 0.6 is 11.3 Å². The number of morpholine rings is 1. The molecule has 5 nitrogen and oxygen atoms in total. The van der Waals surface area contributed by atoms with Crippen molar-refractivity contribution in [3.05, 3.63) is 57.8 Å². The fourth-order valence-electron chi connectivity index (χ4n) is 2.90. The van der Waals surface area contributed by atoms with Crippen LogP contribution in [0.4, 0.5) is 0 Å². The fourth-order valence-corrected chi connectivity index (χ4v) is 3.58. The van der Waals surface area contributed by atoms with Crippen molar-refractivity contribution in [2.75, 3.05) is 32.8 Å². The first-order valence-corrected chi connectivity index (χ1v) is 9.32. The van der Waals surface area contributed by atoms with Crippen LogP contribution in [0.1, 0.15) is 32.5 Å². The monoisotopic (exact) mass is 358 g/mol. The Kier molecular flexibility index (Phi) is 5.96. The molecule has 0 bridgehead atoms. The Labute approximate surface area is 151 Å². The normalized spacial score (nSPS) is 16.4. The number of hydrogen-bond acceptors (Lipinski definition) is 5. The van der Waals surface area contributed by atoms with E-state index in [1.54, 1.807) is 30.3 Å². The zero-order valence-corrected chi connectivity index (χ0v) is 15.1. The maximum absolute atomic E-state index is 12.6. The molecule has 1 N–H and O–H groups in total. The van der Waals surface area contributed by atoms with Crippen LogP contribution in [0, 0.1) is 0 Å². The number of amides is 1. The fraction of sp³-hybridized carbons (Fsp3) is 0.368. The Morgan fingerprint density at radius 2 is 1.88 bits per heavy atom. The highest BCUT2D eigenvalue weighted by molar-refractivity contribution is 7.12. The molecule has 1 fully saturated rings. The van der Waals surface area contributed by atoms with E-state index in [2.05, 4.69) is 17.1 Å². The molecule has 2 heterocycles. The van der Waals surface area contributed by atoms with E-state index in [-0.39, 0.29) is 17.7 Å². The SMILES string of the molecule is CC(CNC(=O)c1ccccc1C(=O)c1cccs1)N1CCOCC1. The van der Waals surface area contributed by atoms with E-state index in [0.717, 1.165) is 26.3 Å². The van der Waals surface area contributed by atoms with E-state index in [1.807, 2.05) is 11.4 Å². The van der Waals surface area contributed by atoms with Crippen molar-refractivity contribution < 1.29 is 14.3 Å². The predicted molar refractivity (Wildman–Crippen MR) is 98.4 cm³/mol. The Balaban J connectivity index is 1.67. The summed E-state index contributed by atoms with van der Waals surface area (Å²) in [7, 11) is 0. The number of carbonyl (C=O) groups excluding carboxylic acids is 2. The molecule has 0 spiro atoms. The van der Waals surface area contributed by atoms with Crippen molar-refractivity contribution in [1.82, 2.24) is 10.2 Å². The van der Waals surface area contributed by atoms with Gasteiger partial charge in [0.15, 0.2) is 0 Å². The molecule has 0 aliphatic carbocycles. The second kappa shape index (κ2) is 8.38. The van der Waals surface area contributed by atoms with Crippen molar-refractivity contribution in [2.24, 2.45) is 0 Å². The van der Waals surface area contributed by atoms with Gasteiger partial charge in [-0.3, -0.25) is 14.5 Å². The van der Waals surface area contributed by atoms with Crippen LogP contribution in [0.3, 0.4) is 0 Å². The third kappa shape index (κ3) is 4.34. The lowest BCUT2D eigenvalue weighted by Crippen LogP contribution is -2.47. The molecule has 1 aliphatic heterocycles. The molecular weight excluding hydrogens is 336 g/mol. The quantitative estimate of drug-likeness (QED) is 0.806. The van der Waals surface area contributed by atoms with Gasteiger partial charge in [0.1, 0.15) is 0 Å². The first-order chi connectivity index (χ1) is 12.2. The van der Waals surface area contributed by atoms with Gasteiger partial charge in [-0.1, -0.05) is 24.3 Å². The molecule has 1 unspecified atom stereocenters. The second-order valence-corrected chi connectivity index (χ2v) is 7.01. The van der Waals surface area contributed by atoms with Gasteiger partial charge in [-0.15, -0.1) is 11.3 Å². The third-order valence-corrected chi connectivity index (χ3v) is 5.26. The van der Waals surface area contributed by atoms with Crippen LogP contribution in [-0.2, 0) is 4.74 Å². The molecule has 25 heavy (non-hydrogen) atoms. The lowest BCUT2D eigenvalue weighted by molar-refractivity contribution is 0.0204. The van der Waals surface area contributed by atoms with Crippen molar-refractivity contribution in [3.8, 4) is 0 Å². The number of thiophene rings is 1. The average Bonchev–Trinajstić information content (AvgIpc) is 3.20. The zero-order valence-electron chi connectivity index (χ0n) is 14.2. The molecule has 1 atom stereocenters. The van der Waals surface area contributed by atoms with E-state index >= 15 is 0 Å². The number of hydrogen-bond donors (Lipinski definition) is 1. The predicted octanol–water partition coefficient (Wildman–Crippen LogP) is 2.43. The topological polar surface area (TPSA) is 58.6 Å². The molecule has 3 rings (SSSR count). The van der Waals surface area contributed by atoms with Crippen molar-refractivity contribution in [1.29, 1.82) is 0 Å². The van der Waals surface area contributed by atoms with Gasteiger partial charge in [0.25, 0.3) is 5.91 Å². The lowest BCUT2D eigenvalue weighted by atomic mass is 10.0. The molecule has 0 saturated carbocycles. The number of nitrogens with one attached hydrogen (secondary N) is 1. The molecule has 6 heteroatoms. The van der Waals surface area contributed by atoms with Crippen molar-refractivity contribution in [2.45, 2.75) is 13.0 Å². The first-order valence-electron chi connectivity index (χ1n) is 8.44. The van der Waals surface area contributed by atoms with Gasteiger partial charge in [0.05, 0.1) is 23.7 Å². The highest BCUT2D eigenvalue weighted by atomic mass is 32.1. The molecule has 1 aromatic carbocycles. The van der Waals surface area contributed by atoms with E-state index in [9.17, 15) is 9.59 Å². The average molecular weight is 358 g/mol. The van der Waals surface area contributed by atoms with Crippen LogP contribution < -0.4 is 5.32 Å². The molecule has 1 aromatic heterocycles. The van der Waals surface area contributed by atoms with Crippen molar-refractivity contribution >= 4 is 23.0 Å². The summed E-state index contributed by atoms with van der Waals surface area (Å²) in [5, 5.41) is 4.83. The summed E-state index contributed by atoms with van der Waals surface area (Å²) in [6.45, 7) is 5.86. The number of carbonyl (C=O) groups is 2.